The lowest BCUT2D eigenvalue weighted by Crippen LogP contribution is -2.09. The first-order valence-corrected chi connectivity index (χ1v) is 4.80. The molecule has 1 aromatic carbocycles. The minimum Gasteiger partial charge on any atom is -0.496 e. The maximum atomic E-state index is 13.0. The summed E-state index contributed by atoms with van der Waals surface area (Å²) in [5, 5.41) is 0.376. The summed E-state index contributed by atoms with van der Waals surface area (Å²) in [7, 11) is 1.20. The van der Waals surface area contributed by atoms with E-state index in [1.54, 1.807) is 6.92 Å². The van der Waals surface area contributed by atoms with Crippen LogP contribution in [0, 0.1) is 6.92 Å². The van der Waals surface area contributed by atoms with E-state index in [1.165, 1.54) is 19.2 Å². The number of hydrogen-bond donors (Lipinski definition) is 0. The van der Waals surface area contributed by atoms with Crippen LogP contribution in [0.3, 0.4) is 0 Å². The van der Waals surface area contributed by atoms with Gasteiger partial charge in [0.25, 0.3) is 0 Å². The number of rotatable bonds is 1. The van der Waals surface area contributed by atoms with Crippen molar-refractivity contribution in [1.29, 1.82) is 0 Å². The van der Waals surface area contributed by atoms with Gasteiger partial charge in [-0.1, -0.05) is 0 Å². The summed E-state index contributed by atoms with van der Waals surface area (Å²) in [6.07, 6.45) is -3.39. The van der Waals surface area contributed by atoms with Gasteiger partial charge in [0.05, 0.1) is 12.6 Å². The van der Waals surface area contributed by atoms with Gasteiger partial charge in [0, 0.05) is 11.1 Å². The number of methoxy groups -OCH3 is 1. The van der Waals surface area contributed by atoms with Crippen molar-refractivity contribution in [3.8, 4) is 5.75 Å². The van der Waals surface area contributed by atoms with E-state index in [1.807, 2.05) is 0 Å². The molecule has 0 aliphatic heterocycles. The van der Waals surface area contributed by atoms with Crippen LogP contribution in [-0.2, 0) is 6.18 Å². The summed E-state index contributed by atoms with van der Waals surface area (Å²) in [4.78, 5) is 7.57. The Morgan fingerprint density at radius 2 is 1.88 bits per heavy atom. The Bertz CT molecular complexity index is 566. The highest BCUT2D eigenvalue weighted by atomic mass is 19.4. The molecular weight excluding hydrogens is 233 g/mol. The molecule has 0 spiro atoms. The largest absolute Gasteiger partial charge is 0.496 e. The van der Waals surface area contributed by atoms with Crippen molar-refractivity contribution in [2.45, 2.75) is 13.1 Å². The smallest absolute Gasteiger partial charge is 0.422 e. The van der Waals surface area contributed by atoms with Crippen molar-refractivity contribution >= 4 is 10.9 Å². The van der Waals surface area contributed by atoms with Crippen LogP contribution < -0.4 is 4.74 Å². The van der Waals surface area contributed by atoms with Crippen LogP contribution >= 0.6 is 0 Å². The van der Waals surface area contributed by atoms with E-state index in [0.717, 1.165) is 6.33 Å². The number of alkyl halides is 3. The molecule has 0 atom stereocenters. The van der Waals surface area contributed by atoms with E-state index in [-0.39, 0.29) is 11.3 Å². The standard InChI is InChI=1S/C11H9F3N2O/c1-6-7-3-4-8(17-2)9(11(12,13)14)10(7)16-5-15-6/h3-5H,1-2H3. The number of aryl methyl sites for hydroxylation is 1. The van der Waals surface area contributed by atoms with Gasteiger partial charge in [-0.3, -0.25) is 0 Å². The van der Waals surface area contributed by atoms with Crippen molar-refractivity contribution in [3.05, 3.63) is 29.7 Å². The zero-order chi connectivity index (χ0) is 12.6. The zero-order valence-corrected chi connectivity index (χ0v) is 9.17. The van der Waals surface area contributed by atoms with E-state index >= 15 is 0 Å². The highest BCUT2D eigenvalue weighted by molar-refractivity contribution is 5.86. The monoisotopic (exact) mass is 242 g/mol. The number of ether oxygens (including phenoxy) is 1. The van der Waals surface area contributed by atoms with Crippen molar-refractivity contribution < 1.29 is 17.9 Å². The van der Waals surface area contributed by atoms with Crippen LogP contribution in [0.1, 0.15) is 11.3 Å². The molecule has 0 aliphatic carbocycles. The van der Waals surface area contributed by atoms with Crippen LogP contribution in [0.5, 0.6) is 5.75 Å². The zero-order valence-electron chi connectivity index (χ0n) is 9.17. The Hall–Kier alpha value is -1.85. The maximum absolute atomic E-state index is 13.0. The van der Waals surface area contributed by atoms with Gasteiger partial charge in [0.1, 0.15) is 17.6 Å². The molecule has 0 fully saturated rings. The predicted molar refractivity (Wildman–Crippen MR) is 55.8 cm³/mol. The Balaban J connectivity index is 2.89. The average Bonchev–Trinajstić information content (AvgIpc) is 2.26. The minimum atomic E-state index is -4.51. The molecule has 6 heteroatoms. The summed E-state index contributed by atoms with van der Waals surface area (Å²) in [5.41, 5.74) is -0.490. The molecule has 0 unspecified atom stereocenters. The van der Waals surface area contributed by atoms with Crippen LogP contribution in [0.15, 0.2) is 18.5 Å². The van der Waals surface area contributed by atoms with Gasteiger partial charge in [-0.05, 0) is 19.1 Å². The summed E-state index contributed by atoms with van der Waals surface area (Å²) in [6, 6.07) is 2.81. The van der Waals surface area contributed by atoms with Crippen molar-refractivity contribution in [1.82, 2.24) is 9.97 Å². The quantitative estimate of drug-likeness (QED) is 0.771. The fraction of sp³-hybridized carbons (Fsp3) is 0.273. The van der Waals surface area contributed by atoms with E-state index in [0.29, 0.717) is 11.1 Å². The molecule has 1 aromatic heterocycles. The Labute approximate surface area is 95.3 Å². The van der Waals surface area contributed by atoms with E-state index < -0.39 is 11.7 Å². The molecule has 0 aliphatic rings. The Morgan fingerprint density at radius 1 is 1.18 bits per heavy atom. The summed E-state index contributed by atoms with van der Waals surface area (Å²) < 4.78 is 43.6. The van der Waals surface area contributed by atoms with Gasteiger partial charge in [0.15, 0.2) is 0 Å². The number of halogens is 3. The molecule has 2 rings (SSSR count). The molecule has 1 heterocycles. The van der Waals surface area contributed by atoms with Gasteiger partial charge in [-0.2, -0.15) is 13.2 Å². The Kier molecular flexibility index (Phi) is 2.65. The molecule has 0 saturated carbocycles. The second kappa shape index (κ2) is 3.87. The normalized spacial score (nSPS) is 11.8. The average molecular weight is 242 g/mol. The van der Waals surface area contributed by atoms with Crippen LogP contribution in [0.25, 0.3) is 10.9 Å². The number of hydrogen-bond acceptors (Lipinski definition) is 3. The predicted octanol–water partition coefficient (Wildman–Crippen LogP) is 2.97. The summed E-state index contributed by atoms with van der Waals surface area (Å²) in [6.45, 7) is 1.64. The molecule has 0 saturated heterocycles. The van der Waals surface area contributed by atoms with Gasteiger partial charge in [-0.25, -0.2) is 9.97 Å². The molecule has 17 heavy (non-hydrogen) atoms. The lowest BCUT2D eigenvalue weighted by molar-refractivity contribution is -0.137. The fourth-order valence-corrected chi connectivity index (χ4v) is 1.69. The fourth-order valence-electron chi connectivity index (χ4n) is 1.69. The number of aromatic nitrogens is 2. The first kappa shape index (κ1) is 11.6. The highest BCUT2D eigenvalue weighted by Crippen LogP contribution is 2.40. The van der Waals surface area contributed by atoms with Crippen LogP contribution in [-0.4, -0.2) is 17.1 Å². The van der Waals surface area contributed by atoms with Crippen LogP contribution in [0.2, 0.25) is 0 Å². The Morgan fingerprint density at radius 3 is 2.47 bits per heavy atom. The molecule has 3 nitrogen and oxygen atoms in total. The number of benzene rings is 1. The first-order valence-electron chi connectivity index (χ1n) is 4.80. The molecule has 0 N–H and O–H groups in total. The van der Waals surface area contributed by atoms with E-state index in [9.17, 15) is 13.2 Å². The third kappa shape index (κ3) is 1.90. The topological polar surface area (TPSA) is 35.0 Å². The molecule has 0 radical (unpaired) electrons. The number of fused-ring (bicyclic) bond motifs is 1. The van der Waals surface area contributed by atoms with Gasteiger partial charge in [-0.15, -0.1) is 0 Å². The molecule has 90 valence electrons. The second-order valence-corrected chi connectivity index (χ2v) is 3.50. The summed E-state index contributed by atoms with van der Waals surface area (Å²) in [5.74, 6) is -0.233. The van der Waals surface area contributed by atoms with Crippen molar-refractivity contribution in [3.63, 3.8) is 0 Å². The molecule has 2 aromatic rings. The van der Waals surface area contributed by atoms with Gasteiger partial charge < -0.3 is 4.74 Å². The van der Waals surface area contributed by atoms with Gasteiger partial charge in [0.2, 0.25) is 0 Å². The lowest BCUT2D eigenvalue weighted by Gasteiger charge is -2.14. The third-order valence-corrected chi connectivity index (χ3v) is 2.47. The number of nitrogens with zero attached hydrogens (tertiary/aromatic N) is 2. The minimum absolute atomic E-state index is 0.135. The molecule has 0 amide bonds. The highest BCUT2D eigenvalue weighted by Gasteiger charge is 2.37. The van der Waals surface area contributed by atoms with Crippen molar-refractivity contribution in [2.24, 2.45) is 0 Å². The summed E-state index contributed by atoms with van der Waals surface area (Å²) >= 11 is 0. The third-order valence-electron chi connectivity index (χ3n) is 2.47. The maximum Gasteiger partial charge on any atom is 0.422 e. The second-order valence-electron chi connectivity index (χ2n) is 3.50. The SMILES string of the molecule is COc1ccc2c(C)ncnc2c1C(F)(F)F. The van der Waals surface area contributed by atoms with E-state index in [4.69, 9.17) is 4.74 Å². The molecular formula is C11H9F3N2O. The van der Waals surface area contributed by atoms with Crippen LogP contribution in [0.4, 0.5) is 13.2 Å². The van der Waals surface area contributed by atoms with E-state index in [2.05, 4.69) is 9.97 Å². The lowest BCUT2D eigenvalue weighted by atomic mass is 10.1. The first-order chi connectivity index (χ1) is 7.95. The molecule has 0 bridgehead atoms. The van der Waals surface area contributed by atoms with Gasteiger partial charge >= 0.3 is 6.18 Å². The van der Waals surface area contributed by atoms with Crippen molar-refractivity contribution in [2.75, 3.05) is 7.11 Å².